The first-order valence-electron chi connectivity index (χ1n) is 5.79. The van der Waals surface area contributed by atoms with E-state index in [1.165, 1.54) is 12.8 Å². The van der Waals surface area contributed by atoms with Gasteiger partial charge in [0.1, 0.15) is 0 Å². The molecule has 0 aliphatic rings. The van der Waals surface area contributed by atoms with E-state index in [0.717, 1.165) is 17.1 Å². The van der Waals surface area contributed by atoms with Crippen LogP contribution in [0, 0.1) is 17.3 Å². The zero-order chi connectivity index (χ0) is 11.4. The summed E-state index contributed by atoms with van der Waals surface area (Å²) in [7, 11) is 0. The maximum absolute atomic E-state index is 2.41. The van der Waals surface area contributed by atoms with Gasteiger partial charge in [0, 0.05) is 5.25 Å². The van der Waals surface area contributed by atoms with E-state index in [4.69, 9.17) is 0 Å². The van der Waals surface area contributed by atoms with Gasteiger partial charge in [0.05, 0.1) is 0 Å². The Morgan fingerprint density at radius 1 is 1.00 bits per heavy atom. The fraction of sp³-hybridized carbons (Fsp3) is 1.00. The van der Waals surface area contributed by atoms with E-state index in [1.54, 1.807) is 0 Å². The van der Waals surface area contributed by atoms with E-state index in [9.17, 15) is 0 Å². The molecule has 0 bridgehead atoms. The van der Waals surface area contributed by atoms with Crippen LogP contribution in [0.3, 0.4) is 0 Å². The monoisotopic (exact) mass is 216 g/mol. The van der Waals surface area contributed by atoms with Gasteiger partial charge >= 0.3 is 0 Å². The van der Waals surface area contributed by atoms with Crippen LogP contribution in [0.2, 0.25) is 0 Å². The normalized spacial score (nSPS) is 19.1. The van der Waals surface area contributed by atoms with Gasteiger partial charge < -0.3 is 0 Å². The summed E-state index contributed by atoms with van der Waals surface area (Å²) < 4.78 is 0. The summed E-state index contributed by atoms with van der Waals surface area (Å²) >= 11 is 1.99. The van der Waals surface area contributed by atoms with Crippen molar-refractivity contribution in [2.45, 2.75) is 59.6 Å². The topological polar surface area (TPSA) is 0 Å². The van der Waals surface area contributed by atoms with Crippen LogP contribution in [0.4, 0.5) is 0 Å². The summed E-state index contributed by atoms with van der Waals surface area (Å²) in [5.74, 6) is 1.71. The molecule has 0 aliphatic carbocycles. The third-order valence-corrected chi connectivity index (χ3v) is 4.01. The molecule has 0 aromatic rings. The van der Waals surface area contributed by atoms with Crippen LogP contribution in [0.5, 0.6) is 0 Å². The number of hydrogen-bond donors (Lipinski definition) is 0. The maximum Gasteiger partial charge on any atom is 0.00185 e. The fourth-order valence-electron chi connectivity index (χ4n) is 2.02. The number of thioether (sulfide) groups is 1. The minimum atomic E-state index is 0.482. The molecule has 3 unspecified atom stereocenters. The predicted octanol–water partition coefficient (Wildman–Crippen LogP) is 4.84. The van der Waals surface area contributed by atoms with Crippen LogP contribution in [0.25, 0.3) is 0 Å². The Kier molecular flexibility index (Phi) is 6.20. The first kappa shape index (κ1) is 14.3. The van der Waals surface area contributed by atoms with Gasteiger partial charge in [-0.3, -0.25) is 0 Å². The minimum absolute atomic E-state index is 0.482. The molecule has 0 aromatic carbocycles. The largest absolute Gasteiger partial charge is 0.162 e. The second-order valence-electron chi connectivity index (χ2n) is 6.00. The first-order chi connectivity index (χ1) is 6.26. The van der Waals surface area contributed by atoms with Crippen molar-refractivity contribution in [2.24, 2.45) is 17.3 Å². The minimum Gasteiger partial charge on any atom is -0.162 e. The van der Waals surface area contributed by atoms with E-state index in [2.05, 4.69) is 47.8 Å². The zero-order valence-corrected chi connectivity index (χ0v) is 11.9. The average Bonchev–Trinajstić information content (AvgIpc) is 2.00. The second-order valence-corrected chi connectivity index (χ2v) is 7.28. The number of rotatable bonds is 5. The Bertz CT molecular complexity index is 146. The van der Waals surface area contributed by atoms with Crippen LogP contribution in [0.1, 0.15) is 54.4 Å². The Hall–Kier alpha value is 0.350. The molecule has 3 atom stereocenters. The van der Waals surface area contributed by atoms with Crippen molar-refractivity contribution < 1.29 is 0 Å². The molecule has 1 heteroatoms. The molecule has 86 valence electrons. The van der Waals surface area contributed by atoms with Gasteiger partial charge in [0.25, 0.3) is 0 Å². The molecule has 0 radical (unpaired) electrons. The third kappa shape index (κ3) is 6.75. The smallest absolute Gasteiger partial charge is 0.00185 e. The van der Waals surface area contributed by atoms with Crippen LogP contribution in [-0.4, -0.2) is 11.5 Å². The van der Waals surface area contributed by atoms with E-state index >= 15 is 0 Å². The predicted molar refractivity (Wildman–Crippen MR) is 70.0 cm³/mol. The highest BCUT2D eigenvalue weighted by molar-refractivity contribution is 7.99. The van der Waals surface area contributed by atoms with Crippen molar-refractivity contribution in [1.29, 1.82) is 0 Å². The number of hydrogen-bond acceptors (Lipinski definition) is 1. The van der Waals surface area contributed by atoms with Crippen molar-refractivity contribution in [3.05, 3.63) is 0 Å². The van der Waals surface area contributed by atoms with Crippen LogP contribution in [-0.2, 0) is 0 Å². The van der Waals surface area contributed by atoms with Gasteiger partial charge in [-0.05, 0) is 36.3 Å². The Balaban J connectivity index is 3.93. The van der Waals surface area contributed by atoms with E-state index in [1.807, 2.05) is 11.8 Å². The van der Waals surface area contributed by atoms with E-state index in [-0.39, 0.29) is 0 Å². The first-order valence-corrected chi connectivity index (χ1v) is 7.08. The summed E-state index contributed by atoms with van der Waals surface area (Å²) in [5.41, 5.74) is 0.482. The molecule has 0 heterocycles. The molecule has 0 spiro atoms. The Morgan fingerprint density at radius 3 is 1.86 bits per heavy atom. The van der Waals surface area contributed by atoms with Crippen molar-refractivity contribution in [2.75, 3.05) is 6.26 Å². The van der Waals surface area contributed by atoms with Crippen LogP contribution < -0.4 is 0 Å². The maximum atomic E-state index is 2.41. The molecule has 14 heavy (non-hydrogen) atoms. The highest BCUT2D eigenvalue weighted by Crippen LogP contribution is 2.31. The SMILES string of the molecule is CSC(C)CC(C)C(C)CC(C)(C)C. The lowest BCUT2D eigenvalue weighted by atomic mass is 9.79. The highest BCUT2D eigenvalue weighted by atomic mass is 32.2. The summed E-state index contributed by atoms with van der Waals surface area (Å²) in [6, 6.07) is 0. The zero-order valence-electron chi connectivity index (χ0n) is 11.1. The molecular weight excluding hydrogens is 188 g/mol. The molecule has 0 saturated heterocycles. The van der Waals surface area contributed by atoms with Crippen LogP contribution in [0.15, 0.2) is 0 Å². The quantitative estimate of drug-likeness (QED) is 0.634. The molecule has 0 amide bonds. The summed E-state index contributed by atoms with van der Waals surface area (Å²) in [5, 5.41) is 0.812. The molecule has 0 rings (SSSR count). The second kappa shape index (κ2) is 6.05. The lowest BCUT2D eigenvalue weighted by Gasteiger charge is -2.28. The summed E-state index contributed by atoms with van der Waals surface area (Å²) in [6.45, 7) is 14.2. The van der Waals surface area contributed by atoms with Crippen molar-refractivity contribution in [3.8, 4) is 0 Å². The molecule has 0 fully saturated rings. The van der Waals surface area contributed by atoms with Gasteiger partial charge in [0.15, 0.2) is 0 Å². The average molecular weight is 216 g/mol. The van der Waals surface area contributed by atoms with Crippen molar-refractivity contribution in [1.82, 2.24) is 0 Å². The lowest BCUT2D eigenvalue weighted by molar-refractivity contribution is 0.241. The molecule has 0 N–H and O–H groups in total. The Labute approximate surface area is 95.2 Å². The van der Waals surface area contributed by atoms with E-state index in [0.29, 0.717) is 5.41 Å². The van der Waals surface area contributed by atoms with Gasteiger partial charge in [-0.2, -0.15) is 11.8 Å². The Morgan fingerprint density at radius 2 is 1.50 bits per heavy atom. The van der Waals surface area contributed by atoms with Gasteiger partial charge in [-0.25, -0.2) is 0 Å². The van der Waals surface area contributed by atoms with E-state index < -0.39 is 0 Å². The molecule has 0 aliphatic heterocycles. The van der Waals surface area contributed by atoms with Gasteiger partial charge in [-0.1, -0.05) is 41.5 Å². The van der Waals surface area contributed by atoms with Crippen LogP contribution >= 0.6 is 11.8 Å². The van der Waals surface area contributed by atoms with Gasteiger partial charge in [0.2, 0.25) is 0 Å². The third-order valence-electron chi connectivity index (χ3n) is 3.01. The molecular formula is C13H28S. The summed E-state index contributed by atoms with van der Waals surface area (Å²) in [4.78, 5) is 0. The van der Waals surface area contributed by atoms with Crippen molar-refractivity contribution in [3.63, 3.8) is 0 Å². The van der Waals surface area contributed by atoms with Crippen molar-refractivity contribution >= 4 is 11.8 Å². The fourth-order valence-corrected chi connectivity index (χ4v) is 2.52. The molecule has 0 nitrogen and oxygen atoms in total. The standard InChI is InChI=1S/C13H28S/c1-10(8-12(3)14-7)11(2)9-13(4,5)6/h10-12H,8-9H2,1-7H3. The van der Waals surface area contributed by atoms with Gasteiger partial charge in [-0.15, -0.1) is 0 Å². The summed E-state index contributed by atoms with van der Waals surface area (Å²) in [6.07, 6.45) is 4.92. The lowest BCUT2D eigenvalue weighted by Crippen LogP contribution is -2.19. The molecule has 0 saturated carbocycles. The molecule has 0 aromatic heterocycles. The highest BCUT2D eigenvalue weighted by Gasteiger charge is 2.20.